The Labute approximate surface area is 119 Å². The Balaban J connectivity index is 1.92. The largest absolute Gasteiger partial charge is 0.313 e. The molecule has 0 radical (unpaired) electrons. The van der Waals surface area contributed by atoms with Crippen molar-refractivity contribution in [3.05, 3.63) is 35.6 Å². The number of thioether (sulfide) groups is 1. The molecule has 4 heteroatoms. The molecule has 2 rings (SSSR count). The van der Waals surface area contributed by atoms with E-state index in [-0.39, 0.29) is 11.9 Å². The Kier molecular flexibility index (Phi) is 5.67. The molecule has 1 aromatic carbocycles. The molecule has 2 atom stereocenters. The van der Waals surface area contributed by atoms with Crippen LogP contribution in [-0.4, -0.2) is 42.6 Å². The van der Waals surface area contributed by atoms with Crippen LogP contribution < -0.4 is 5.32 Å². The Morgan fingerprint density at radius 3 is 3.05 bits per heavy atom. The van der Waals surface area contributed by atoms with Crippen LogP contribution in [0.5, 0.6) is 0 Å². The molecular formula is C15H23FN2S. The summed E-state index contributed by atoms with van der Waals surface area (Å²) in [7, 11) is 1.95. The lowest BCUT2D eigenvalue weighted by Gasteiger charge is -2.34. The van der Waals surface area contributed by atoms with Gasteiger partial charge in [0.25, 0.3) is 0 Å². The maximum Gasteiger partial charge on any atom is 0.123 e. The topological polar surface area (TPSA) is 15.3 Å². The van der Waals surface area contributed by atoms with Crippen molar-refractivity contribution in [1.29, 1.82) is 0 Å². The van der Waals surface area contributed by atoms with Crippen molar-refractivity contribution in [2.24, 2.45) is 0 Å². The number of nitrogens with one attached hydrogen (secondary N) is 1. The molecule has 0 aliphatic carbocycles. The molecule has 1 aromatic rings. The second kappa shape index (κ2) is 7.27. The highest BCUT2D eigenvalue weighted by molar-refractivity contribution is 7.99. The van der Waals surface area contributed by atoms with Crippen molar-refractivity contribution in [3.8, 4) is 0 Å². The normalized spacial score (nSPS) is 22.4. The molecule has 0 aromatic heterocycles. The van der Waals surface area contributed by atoms with Gasteiger partial charge >= 0.3 is 0 Å². The number of nitrogens with zero attached hydrogens (tertiary/aromatic N) is 1. The van der Waals surface area contributed by atoms with Gasteiger partial charge in [-0.3, -0.25) is 4.90 Å². The summed E-state index contributed by atoms with van der Waals surface area (Å²) in [6.07, 6.45) is 1.02. The molecule has 1 fully saturated rings. The monoisotopic (exact) mass is 282 g/mol. The zero-order valence-electron chi connectivity index (χ0n) is 11.7. The third-order valence-electron chi connectivity index (χ3n) is 3.81. The predicted octanol–water partition coefficient (Wildman–Crippen LogP) is 2.91. The van der Waals surface area contributed by atoms with Crippen LogP contribution in [-0.2, 0) is 0 Å². The first-order valence-electron chi connectivity index (χ1n) is 6.95. The van der Waals surface area contributed by atoms with Gasteiger partial charge in [-0.25, -0.2) is 4.39 Å². The molecule has 1 N–H and O–H groups in total. The van der Waals surface area contributed by atoms with E-state index in [1.807, 2.05) is 24.9 Å². The van der Waals surface area contributed by atoms with E-state index in [1.165, 1.54) is 24.1 Å². The summed E-state index contributed by atoms with van der Waals surface area (Å²) >= 11 is 2.04. The summed E-state index contributed by atoms with van der Waals surface area (Å²) < 4.78 is 13.3. The molecule has 0 spiro atoms. The highest BCUT2D eigenvalue weighted by atomic mass is 32.2. The molecule has 2 nitrogen and oxygen atoms in total. The van der Waals surface area contributed by atoms with E-state index < -0.39 is 0 Å². The Morgan fingerprint density at radius 2 is 2.37 bits per heavy atom. The van der Waals surface area contributed by atoms with Crippen LogP contribution in [0.3, 0.4) is 0 Å². The maximum absolute atomic E-state index is 13.3. The first-order valence-corrected chi connectivity index (χ1v) is 8.10. The zero-order chi connectivity index (χ0) is 13.7. The number of rotatable bonds is 5. The molecular weight excluding hydrogens is 259 g/mol. The quantitative estimate of drug-likeness (QED) is 0.894. The van der Waals surface area contributed by atoms with Gasteiger partial charge in [0.1, 0.15) is 5.82 Å². The van der Waals surface area contributed by atoms with Gasteiger partial charge in [-0.1, -0.05) is 12.1 Å². The minimum absolute atomic E-state index is 0.152. The van der Waals surface area contributed by atoms with E-state index >= 15 is 0 Å². The third-order valence-corrected chi connectivity index (χ3v) is 5.00. The lowest BCUT2D eigenvalue weighted by Crippen LogP contribution is -2.41. The minimum atomic E-state index is -0.152. The van der Waals surface area contributed by atoms with E-state index in [2.05, 4.69) is 17.1 Å². The fraction of sp³-hybridized carbons (Fsp3) is 0.600. The highest BCUT2D eigenvalue weighted by Crippen LogP contribution is 2.21. The lowest BCUT2D eigenvalue weighted by molar-refractivity contribution is 0.220. The van der Waals surface area contributed by atoms with Crippen molar-refractivity contribution in [2.45, 2.75) is 25.4 Å². The van der Waals surface area contributed by atoms with Crippen molar-refractivity contribution in [1.82, 2.24) is 10.2 Å². The van der Waals surface area contributed by atoms with Gasteiger partial charge in [0.05, 0.1) is 0 Å². The number of benzene rings is 1. The van der Waals surface area contributed by atoms with Gasteiger partial charge in [0, 0.05) is 36.7 Å². The SMILES string of the molecule is CNC(CCN1CCSCC1C)c1cccc(F)c1. The third kappa shape index (κ3) is 4.20. The summed E-state index contributed by atoms with van der Waals surface area (Å²) in [4.78, 5) is 2.54. The second-order valence-corrected chi connectivity index (χ2v) is 6.29. The first-order chi connectivity index (χ1) is 9.20. The summed E-state index contributed by atoms with van der Waals surface area (Å²) in [6.45, 7) is 4.54. The Hall–Kier alpha value is -0.580. The van der Waals surface area contributed by atoms with Gasteiger partial charge in [-0.2, -0.15) is 11.8 Å². The first kappa shape index (κ1) is 14.8. The number of hydrogen-bond donors (Lipinski definition) is 1. The highest BCUT2D eigenvalue weighted by Gasteiger charge is 2.19. The average Bonchev–Trinajstić information content (AvgIpc) is 2.41. The van der Waals surface area contributed by atoms with Gasteiger partial charge in [0.2, 0.25) is 0 Å². The van der Waals surface area contributed by atoms with Crippen LogP contribution in [0.1, 0.15) is 24.9 Å². The summed E-state index contributed by atoms with van der Waals surface area (Å²) in [5.41, 5.74) is 1.04. The van der Waals surface area contributed by atoms with Crippen molar-refractivity contribution in [2.75, 3.05) is 31.6 Å². The summed E-state index contributed by atoms with van der Waals surface area (Å²) in [5.74, 6) is 2.30. The van der Waals surface area contributed by atoms with Crippen LogP contribution in [0.2, 0.25) is 0 Å². The van der Waals surface area contributed by atoms with E-state index in [4.69, 9.17) is 0 Å². The van der Waals surface area contributed by atoms with Gasteiger partial charge in [-0.15, -0.1) is 0 Å². The van der Waals surface area contributed by atoms with Crippen molar-refractivity contribution < 1.29 is 4.39 Å². The van der Waals surface area contributed by atoms with Crippen molar-refractivity contribution >= 4 is 11.8 Å². The molecule has 0 amide bonds. The fourth-order valence-corrected chi connectivity index (χ4v) is 3.67. The molecule has 19 heavy (non-hydrogen) atoms. The summed E-state index contributed by atoms with van der Waals surface area (Å²) in [5, 5.41) is 3.30. The van der Waals surface area contributed by atoms with E-state index in [1.54, 1.807) is 12.1 Å². The van der Waals surface area contributed by atoms with Crippen LogP contribution in [0.25, 0.3) is 0 Å². The van der Waals surface area contributed by atoms with Gasteiger partial charge in [0.15, 0.2) is 0 Å². The lowest BCUT2D eigenvalue weighted by atomic mass is 10.0. The number of hydrogen-bond acceptors (Lipinski definition) is 3. The van der Waals surface area contributed by atoms with Crippen molar-refractivity contribution in [3.63, 3.8) is 0 Å². The van der Waals surface area contributed by atoms with E-state index in [9.17, 15) is 4.39 Å². The predicted molar refractivity (Wildman–Crippen MR) is 81.2 cm³/mol. The van der Waals surface area contributed by atoms with Gasteiger partial charge in [-0.05, 0) is 38.1 Å². The molecule has 0 bridgehead atoms. The standard InChI is InChI=1S/C15H23FN2S/c1-12-11-19-9-8-18(12)7-6-15(17-2)13-4-3-5-14(16)10-13/h3-5,10,12,15,17H,6-9,11H2,1-2H3. The minimum Gasteiger partial charge on any atom is -0.313 e. The molecule has 1 aliphatic heterocycles. The molecule has 0 saturated carbocycles. The fourth-order valence-electron chi connectivity index (χ4n) is 2.59. The van der Waals surface area contributed by atoms with E-state index in [0.29, 0.717) is 6.04 Å². The van der Waals surface area contributed by atoms with E-state index in [0.717, 1.165) is 18.5 Å². The molecule has 1 saturated heterocycles. The van der Waals surface area contributed by atoms with Crippen LogP contribution in [0.4, 0.5) is 4.39 Å². The molecule has 1 heterocycles. The van der Waals surface area contributed by atoms with Crippen LogP contribution in [0.15, 0.2) is 24.3 Å². The average molecular weight is 282 g/mol. The second-order valence-electron chi connectivity index (χ2n) is 5.14. The zero-order valence-corrected chi connectivity index (χ0v) is 12.5. The maximum atomic E-state index is 13.3. The molecule has 2 unspecified atom stereocenters. The smallest absolute Gasteiger partial charge is 0.123 e. The van der Waals surface area contributed by atoms with Crippen LogP contribution in [0, 0.1) is 5.82 Å². The number of halogens is 1. The molecule has 1 aliphatic rings. The van der Waals surface area contributed by atoms with Crippen LogP contribution >= 0.6 is 11.8 Å². The Morgan fingerprint density at radius 1 is 1.53 bits per heavy atom. The van der Waals surface area contributed by atoms with Gasteiger partial charge < -0.3 is 5.32 Å². The summed E-state index contributed by atoms with van der Waals surface area (Å²) in [6, 6.07) is 7.81. The Bertz CT molecular complexity index is 399. The molecule has 106 valence electrons.